The predicted octanol–water partition coefficient (Wildman–Crippen LogP) is 2.17. The minimum Gasteiger partial charge on any atom is -0.489 e. The second-order valence-corrected chi connectivity index (χ2v) is 7.57. The second kappa shape index (κ2) is 7.02. The molecule has 0 spiro atoms. The van der Waals surface area contributed by atoms with Crippen LogP contribution in [-0.4, -0.2) is 33.9 Å². The number of amides is 2. The first kappa shape index (κ1) is 17.1. The molecule has 0 fully saturated rings. The molecule has 2 N–H and O–H groups in total. The van der Waals surface area contributed by atoms with Crippen LogP contribution < -0.4 is 19.7 Å². The first-order valence-electron chi connectivity index (χ1n) is 7.77. The number of carbonyl (C=O) groups excluding carboxylic acids is 1. The predicted molar refractivity (Wildman–Crippen MR) is 96.4 cm³/mol. The van der Waals surface area contributed by atoms with Crippen LogP contribution in [0.3, 0.4) is 0 Å². The maximum atomic E-state index is 12.0. The zero-order valence-corrected chi connectivity index (χ0v) is 14.5. The number of nitrogens with zero attached hydrogens (tertiary/aromatic N) is 1. The van der Waals surface area contributed by atoms with Gasteiger partial charge in [-0.05, 0) is 23.8 Å². The van der Waals surface area contributed by atoms with Crippen LogP contribution >= 0.6 is 0 Å². The number of ether oxygens (including phenoxy) is 1. The molecule has 0 saturated heterocycles. The van der Waals surface area contributed by atoms with Gasteiger partial charge in [-0.2, -0.15) is 0 Å². The zero-order valence-electron chi connectivity index (χ0n) is 13.7. The van der Waals surface area contributed by atoms with Crippen molar-refractivity contribution < 1.29 is 17.9 Å². The Bertz CT molecular complexity index is 869. The molecule has 0 radical (unpaired) electrons. The molecule has 8 heteroatoms. The molecule has 2 aromatic carbocycles. The van der Waals surface area contributed by atoms with Gasteiger partial charge in [0.2, 0.25) is 10.0 Å². The summed E-state index contributed by atoms with van der Waals surface area (Å²) in [6.45, 7) is 0.941. The van der Waals surface area contributed by atoms with E-state index < -0.39 is 10.0 Å². The Hall–Kier alpha value is -2.74. The molecular weight excluding hydrogens is 342 g/mol. The lowest BCUT2D eigenvalue weighted by molar-refractivity contribution is 0.251. The number of sulfonamides is 1. The third-order valence-corrected chi connectivity index (χ3v) is 4.91. The summed E-state index contributed by atoms with van der Waals surface area (Å²) in [4.78, 5) is 12.0. The molecule has 1 aliphatic rings. The molecule has 0 aromatic heterocycles. The highest BCUT2D eigenvalue weighted by Crippen LogP contribution is 2.35. The number of benzene rings is 2. The van der Waals surface area contributed by atoms with Crippen molar-refractivity contribution in [2.45, 2.75) is 6.54 Å². The lowest BCUT2D eigenvalue weighted by atomic mass is 10.2. The first-order valence-corrected chi connectivity index (χ1v) is 9.62. The van der Waals surface area contributed by atoms with Crippen LogP contribution in [0.5, 0.6) is 5.75 Å². The molecule has 132 valence electrons. The van der Waals surface area contributed by atoms with Gasteiger partial charge in [-0.25, -0.2) is 13.2 Å². The summed E-state index contributed by atoms with van der Waals surface area (Å²) in [5, 5.41) is 5.46. The minimum absolute atomic E-state index is 0.246. The van der Waals surface area contributed by atoms with E-state index in [1.165, 1.54) is 4.31 Å². The fourth-order valence-corrected chi connectivity index (χ4v) is 3.48. The monoisotopic (exact) mass is 361 g/mol. The van der Waals surface area contributed by atoms with Crippen molar-refractivity contribution in [3.05, 3.63) is 54.1 Å². The van der Waals surface area contributed by atoms with E-state index in [9.17, 15) is 13.2 Å². The average Bonchev–Trinajstić information content (AvgIpc) is 2.59. The fourth-order valence-electron chi connectivity index (χ4n) is 2.57. The second-order valence-electron chi connectivity index (χ2n) is 5.66. The van der Waals surface area contributed by atoms with Gasteiger partial charge >= 0.3 is 6.03 Å². The molecule has 3 rings (SSSR count). The van der Waals surface area contributed by atoms with Crippen molar-refractivity contribution in [2.24, 2.45) is 0 Å². The molecule has 1 aliphatic heterocycles. The van der Waals surface area contributed by atoms with E-state index in [-0.39, 0.29) is 12.6 Å². The van der Waals surface area contributed by atoms with Crippen molar-refractivity contribution in [1.82, 2.24) is 5.32 Å². The van der Waals surface area contributed by atoms with Crippen molar-refractivity contribution >= 4 is 27.4 Å². The van der Waals surface area contributed by atoms with E-state index in [1.54, 1.807) is 18.2 Å². The number of nitrogens with one attached hydrogen (secondary N) is 2. The zero-order chi connectivity index (χ0) is 17.9. The van der Waals surface area contributed by atoms with Crippen molar-refractivity contribution in [2.75, 3.05) is 29.0 Å². The number of carbonyl (C=O) groups is 1. The standard InChI is InChI=1S/C17H19N3O4S/c1-25(22,23)20-9-10-24-16-8-7-14(11-15(16)20)19-17(21)18-12-13-5-3-2-4-6-13/h2-8,11H,9-10,12H2,1H3,(H2,18,19,21). The van der Waals surface area contributed by atoms with Gasteiger partial charge in [0.1, 0.15) is 12.4 Å². The van der Waals surface area contributed by atoms with E-state index in [0.717, 1.165) is 11.8 Å². The summed E-state index contributed by atoms with van der Waals surface area (Å²) >= 11 is 0. The van der Waals surface area contributed by atoms with Gasteiger partial charge in [0.05, 0.1) is 18.5 Å². The molecule has 2 amide bonds. The van der Waals surface area contributed by atoms with E-state index in [0.29, 0.717) is 30.3 Å². The Labute approximate surface area is 146 Å². The highest BCUT2D eigenvalue weighted by molar-refractivity contribution is 7.92. The summed E-state index contributed by atoms with van der Waals surface area (Å²) in [6, 6.07) is 14.1. The largest absolute Gasteiger partial charge is 0.489 e. The van der Waals surface area contributed by atoms with Crippen LogP contribution in [0.15, 0.2) is 48.5 Å². The summed E-state index contributed by atoms with van der Waals surface area (Å²) in [5.41, 5.74) is 1.90. The summed E-state index contributed by atoms with van der Waals surface area (Å²) in [5.74, 6) is 0.479. The van der Waals surface area contributed by atoms with Crippen molar-refractivity contribution in [1.29, 1.82) is 0 Å². The third kappa shape index (κ3) is 4.21. The van der Waals surface area contributed by atoms with E-state index in [1.807, 2.05) is 30.3 Å². The molecule has 0 bridgehead atoms. The molecule has 25 heavy (non-hydrogen) atoms. The minimum atomic E-state index is -3.41. The summed E-state index contributed by atoms with van der Waals surface area (Å²) < 4.78 is 30.6. The molecular formula is C17H19N3O4S. The van der Waals surface area contributed by atoms with Crippen molar-refractivity contribution in [3.63, 3.8) is 0 Å². The Morgan fingerprint density at radius 3 is 2.68 bits per heavy atom. The molecule has 1 heterocycles. The Balaban J connectivity index is 1.70. The van der Waals surface area contributed by atoms with Crippen LogP contribution in [0, 0.1) is 0 Å². The molecule has 7 nitrogen and oxygen atoms in total. The van der Waals surface area contributed by atoms with Gasteiger partial charge in [0.25, 0.3) is 0 Å². The Kier molecular flexibility index (Phi) is 4.80. The van der Waals surface area contributed by atoms with Crippen LogP contribution in [0.4, 0.5) is 16.2 Å². The highest BCUT2D eigenvalue weighted by Gasteiger charge is 2.25. The lowest BCUT2D eigenvalue weighted by Gasteiger charge is -2.29. The Morgan fingerprint density at radius 1 is 1.20 bits per heavy atom. The summed E-state index contributed by atoms with van der Waals surface area (Å²) in [6.07, 6.45) is 1.15. The molecule has 0 atom stereocenters. The van der Waals surface area contributed by atoms with E-state index >= 15 is 0 Å². The number of urea groups is 1. The van der Waals surface area contributed by atoms with Crippen LogP contribution in [0.1, 0.15) is 5.56 Å². The maximum Gasteiger partial charge on any atom is 0.319 e. The van der Waals surface area contributed by atoms with Gasteiger partial charge in [0.15, 0.2) is 0 Å². The van der Waals surface area contributed by atoms with Crippen LogP contribution in [0.25, 0.3) is 0 Å². The van der Waals surface area contributed by atoms with Crippen LogP contribution in [-0.2, 0) is 16.6 Å². The highest BCUT2D eigenvalue weighted by atomic mass is 32.2. The SMILES string of the molecule is CS(=O)(=O)N1CCOc2ccc(NC(=O)NCc3ccccc3)cc21. The number of fused-ring (bicyclic) bond motifs is 1. The Morgan fingerprint density at radius 2 is 1.96 bits per heavy atom. The fraction of sp³-hybridized carbons (Fsp3) is 0.235. The van der Waals surface area contributed by atoms with Crippen molar-refractivity contribution in [3.8, 4) is 5.75 Å². The molecule has 2 aromatic rings. The lowest BCUT2D eigenvalue weighted by Crippen LogP contribution is -2.37. The number of anilines is 2. The molecule has 0 aliphatic carbocycles. The maximum absolute atomic E-state index is 12.0. The molecule has 0 unspecified atom stereocenters. The molecule has 0 saturated carbocycles. The van der Waals surface area contributed by atoms with Gasteiger partial charge in [-0.3, -0.25) is 4.31 Å². The third-order valence-electron chi connectivity index (χ3n) is 3.73. The first-order chi connectivity index (χ1) is 11.9. The average molecular weight is 361 g/mol. The number of hydrogen-bond donors (Lipinski definition) is 2. The quantitative estimate of drug-likeness (QED) is 0.874. The van der Waals surface area contributed by atoms with Gasteiger partial charge in [0, 0.05) is 12.2 Å². The summed E-state index contributed by atoms with van der Waals surface area (Å²) in [7, 11) is -3.41. The number of rotatable bonds is 4. The van der Waals surface area contributed by atoms with Gasteiger partial charge < -0.3 is 15.4 Å². The smallest absolute Gasteiger partial charge is 0.319 e. The van der Waals surface area contributed by atoms with Gasteiger partial charge in [-0.15, -0.1) is 0 Å². The van der Waals surface area contributed by atoms with E-state index in [2.05, 4.69) is 10.6 Å². The van der Waals surface area contributed by atoms with E-state index in [4.69, 9.17) is 4.74 Å². The van der Waals surface area contributed by atoms with Gasteiger partial charge in [-0.1, -0.05) is 30.3 Å². The normalized spacial score (nSPS) is 13.6. The topological polar surface area (TPSA) is 87.7 Å². The van der Waals surface area contributed by atoms with Crippen LogP contribution in [0.2, 0.25) is 0 Å². The number of hydrogen-bond acceptors (Lipinski definition) is 4.